The van der Waals surface area contributed by atoms with Crippen molar-refractivity contribution in [1.82, 2.24) is 5.32 Å². The lowest BCUT2D eigenvalue weighted by Gasteiger charge is -2.40. The van der Waals surface area contributed by atoms with Crippen LogP contribution in [0, 0.1) is 17.3 Å². The zero-order valence-corrected chi connectivity index (χ0v) is 12.0. The second-order valence-electron chi connectivity index (χ2n) is 7.23. The molecule has 2 rings (SSSR count). The summed E-state index contributed by atoms with van der Waals surface area (Å²) < 4.78 is 0. The standard InChI is InChI=1S/C15H27NO2/c1-11(12-4-5-12)13(17)16-10-15(18)8-6-14(2,3)7-9-15/h11-12,18H,4-10H2,1-3H3,(H,16,17). The van der Waals surface area contributed by atoms with E-state index in [0.717, 1.165) is 25.7 Å². The van der Waals surface area contributed by atoms with E-state index in [1.54, 1.807) is 0 Å². The zero-order valence-electron chi connectivity index (χ0n) is 12.0. The highest BCUT2D eigenvalue weighted by molar-refractivity contribution is 5.78. The van der Waals surface area contributed by atoms with E-state index in [0.29, 0.717) is 17.9 Å². The van der Waals surface area contributed by atoms with Crippen LogP contribution in [-0.2, 0) is 4.79 Å². The van der Waals surface area contributed by atoms with Gasteiger partial charge in [-0.05, 0) is 49.9 Å². The molecule has 0 radical (unpaired) electrons. The highest BCUT2D eigenvalue weighted by atomic mass is 16.3. The number of carbonyl (C=O) groups excluding carboxylic acids is 1. The minimum absolute atomic E-state index is 0.119. The minimum Gasteiger partial charge on any atom is -0.388 e. The fourth-order valence-electron chi connectivity index (χ4n) is 2.79. The van der Waals surface area contributed by atoms with Crippen LogP contribution in [0.25, 0.3) is 0 Å². The molecule has 3 heteroatoms. The molecule has 1 amide bonds. The Morgan fingerprint density at radius 3 is 2.33 bits per heavy atom. The maximum atomic E-state index is 11.9. The lowest BCUT2D eigenvalue weighted by molar-refractivity contribution is -0.127. The summed E-state index contributed by atoms with van der Waals surface area (Å²) in [5.74, 6) is 0.828. The monoisotopic (exact) mass is 253 g/mol. The van der Waals surface area contributed by atoms with Crippen molar-refractivity contribution in [1.29, 1.82) is 0 Å². The quantitative estimate of drug-likeness (QED) is 0.808. The maximum absolute atomic E-state index is 11.9. The van der Waals surface area contributed by atoms with Crippen LogP contribution in [-0.4, -0.2) is 23.2 Å². The van der Waals surface area contributed by atoms with E-state index in [1.807, 2.05) is 6.92 Å². The van der Waals surface area contributed by atoms with Crippen molar-refractivity contribution >= 4 is 5.91 Å². The Balaban J connectivity index is 1.77. The Morgan fingerprint density at radius 1 is 1.28 bits per heavy atom. The molecule has 2 saturated carbocycles. The smallest absolute Gasteiger partial charge is 0.223 e. The first-order valence-electron chi connectivity index (χ1n) is 7.31. The van der Waals surface area contributed by atoms with Gasteiger partial charge in [0.1, 0.15) is 0 Å². The molecule has 0 bridgehead atoms. The van der Waals surface area contributed by atoms with E-state index in [2.05, 4.69) is 19.2 Å². The molecule has 0 aromatic rings. The number of aliphatic hydroxyl groups is 1. The van der Waals surface area contributed by atoms with Gasteiger partial charge < -0.3 is 10.4 Å². The van der Waals surface area contributed by atoms with Gasteiger partial charge in [-0.15, -0.1) is 0 Å². The fourth-order valence-corrected chi connectivity index (χ4v) is 2.79. The molecule has 0 spiro atoms. The first-order chi connectivity index (χ1) is 8.31. The molecular weight excluding hydrogens is 226 g/mol. The Kier molecular flexibility index (Phi) is 3.72. The third-order valence-corrected chi connectivity index (χ3v) is 4.87. The van der Waals surface area contributed by atoms with Gasteiger partial charge in [-0.25, -0.2) is 0 Å². The average molecular weight is 253 g/mol. The van der Waals surface area contributed by atoms with Gasteiger partial charge in [0, 0.05) is 12.5 Å². The van der Waals surface area contributed by atoms with Gasteiger partial charge in [0.15, 0.2) is 0 Å². The number of rotatable bonds is 4. The van der Waals surface area contributed by atoms with Gasteiger partial charge >= 0.3 is 0 Å². The van der Waals surface area contributed by atoms with Crippen LogP contribution in [0.2, 0.25) is 0 Å². The summed E-state index contributed by atoms with van der Waals surface area (Å²) in [6.45, 7) is 6.93. The maximum Gasteiger partial charge on any atom is 0.223 e. The van der Waals surface area contributed by atoms with E-state index in [-0.39, 0.29) is 11.8 Å². The van der Waals surface area contributed by atoms with Crippen LogP contribution in [0.5, 0.6) is 0 Å². The van der Waals surface area contributed by atoms with Crippen LogP contribution in [0.4, 0.5) is 0 Å². The van der Waals surface area contributed by atoms with Crippen LogP contribution >= 0.6 is 0 Å². The molecule has 0 aliphatic heterocycles. The molecular formula is C15H27NO2. The van der Waals surface area contributed by atoms with Crippen molar-refractivity contribution in [2.45, 2.75) is 64.9 Å². The largest absolute Gasteiger partial charge is 0.388 e. The predicted molar refractivity (Wildman–Crippen MR) is 72.1 cm³/mol. The predicted octanol–water partition coefficient (Wildman–Crippen LogP) is 2.48. The molecule has 2 aliphatic rings. The van der Waals surface area contributed by atoms with E-state index >= 15 is 0 Å². The molecule has 104 valence electrons. The van der Waals surface area contributed by atoms with Crippen molar-refractivity contribution in [3.63, 3.8) is 0 Å². The van der Waals surface area contributed by atoms with Gasteiger partial charge in [0.25, 0.3) is 0 Å². The van der Waals surface area contributed by atoms with Gasteiger partial charge in [-0.2, -0.15) is 0 Å². The Morgan fingerprint density at radius 2 is 1.83 bits per heavy atom. The molecule has 2 fully saturated rings. The molecule has 18 heavy (non-hydrogen) atoms. The molecule has 0 saturated heterocycles. The molecule has 1 atom stereocenters. The third kappa shape index (κ3) is 3.47. The van der Waals surface area contributed by atoms with E-state index in [4.69, 9.17) is 0 Å². The summed E-state index contributed by atoms with van der Waals surface area (Å²) in [6, 6.07) is 0. The van der Waals surface area contributed by atoms with Gasteiger partial charge in [0.05, 0.1) is 5.60 Å². The first kappa shape index (κ1) is 13.9. The summed E-state index contributed by atoms with van der Waals surface area (Å²) in [5, 5.41) is 13.4. The van der Waals surface area contributed by atoms with Crippen molar-refractivity contribution in [3.8, 4) is 0 Å². The molecule has 2 N–H and O–H groups in total. The minimum atomic E-state index is -0.672. The van der Waals surface area contributed by atoms with Crippen LogP contribution in [0.1, 0.15) is 59.3 Å². The summed E-state index contributed by atoms with van der Waals surface area (Å²) in [4.78, 5) is 11.9. The summed E-state index contributed by atoms with van der Waals surface area (Å²) in [7, 11) is 0. The lowest BCUT2D eigenvalue weighted by atomic mass is 9.71. The number of hydrogen-bond acceptors (Lipinski definition) is 2. The first-order valence-corrected chi connectivity index (χ1v) is 7.31. The SMILES string of the molecule is CC(C(=O)NCC1(O)CCC(C)(C)CC1)C1CC1. The van der Waals surface area contributed by atoms with E-state index < -0.39 is 5.60 Å². The third-order valence-electron chi connectivity index (χ3n) is 4.87. The van der Waals surface area contributed by atoms with E-state index in [1.165, 1.54) is 12.8 Å². The number of nitrogens with one attached hydrogen (secondary N) is 1. The molecule has 0 aromatic heterocycles. The second-order valence-corrected chi connectivity index (χ2v) is 7.23. The molecule has 0 aromatic carbocycles. The second kappa shape index (κ2) is 4.84. The number of amides is 1. The molecule has 2 aliphatic carbocycles. The highest BCUT2D eigenvalue weighted by Crippen LogP contribution is 2.40. The Labute approximate surface area is 110 Å². The summed E-state index contributed by atoms with van der Waals surface area (Å²) >= 11 is 0. The van der Waals surface area contributed by atoms with Gasteiger partial charge in [-0.1, -0.05) is 20.8 Å². The normalized spacial score (nSPS) is 27.6. The Bertz CT molecular complexity index is 310. The zero-order chi connectivity index (χ0) is 13.4. The van der Waals surface area contributed by atoms with Crippen molar-refractivity contribution in [2.24, 2.45) is 17.3 Å². The van der Waals surface area contributed by atoms with Crippen LogP contribution in [0.15, 0.2) is 0 Å². The van der Waals surface area contributed by atoms with Crippen molar-refractivity contribution in [2.75, 3.05) is 6.54 Å². The summed E-state index contributed by atoms with van der Waals surface area (Å²) in [6.07, 6.45) is 6.06. The van der Waals surface area contributed by atoms with E-state index in [9.17, 15) is 9.90 Å². The highest BCUT2D eigenvalue weighted by Gasteiger charge is 2.38. The Hall–Kier alpha value is -0.570. The molecule has 1 unspecified atom stereocenters. The van der Waals surface area contributed by atoms with Crippen molar-refractivity contribution in [3.05, 3.63) is 0 Å². The number of carbonyl (C=O) groups is 1. The topological polar surface area (TPSA) is 49.3 Å². The molecule has 0 heterocycles. The van der Waals surface area contributed by atoms with Crippen LogP contribution in [0.3, 0.4) is 0 Å². The summed E-state index contributed by atoms with van der Waals surface area (Å²) in [5.41, 5.74) is -0.327. The molecule has 3 nitrogen and oxygen atoms in total. The lowest BCUT2D eigenvalue weighted by Crippen LogP contribution is -2.47. The van der Waals surface area contributed by atoms with Crippen LogP contribution < -0.4 is 5.32 Å². The average Bonchev–Trinajstić information content (AvgIpc) is 3.14. The fraction of sp³-hybridized carbons (Fsp3) is 0.933. The van der Waals surface area contributed by atoms with Gasteiger partial charge in [0.2, 0.25) is 5.91 Å². The number of hydrogen-bond donors (Lipinski definition) is 2. The van der Waals surface area contributed by atoms with Gasteiger partial charge in [-0.3, -0.25) is 4.79 Å². The van der Waals surface area contributed by atoms with Crippen molar-refractivity contribution < 1.29 is 9.90 Å².